The average Bonchev–Trinajstić information content (AvgIpc) is 3.11. The summed E-state index contributed by atoms with van der Waals surface area (Å²) in [6, 6.07) is 9.97. The van der Waals surface area contributed by atoms with Gasteiger partial charge in [0.25, 0.3) is 5.91 Å². The van der Waals surface area contributed by atoms with Crippen LogP contribution in [0.15, 0.2) is 46.7 Å². The van der Waals surface area contributed by atoms with Gasteiger partial charge in [0.15, 0.2) is 6.61 Å². The Morgan fingerprint density at radius 3 is 2.50 bits per heavy atom. The first-order valence-corrected chi connectivity index (χ1v) is 10.6. The molecule has 8 nitrogen and oxygen atoms in total. The standard InChI is InChI=1S/C18H19N3O5S2/c1-12(2)16(21-28(24,25)14-6-4-3-5-7-14)18(23)26-11-15(22)20-17-13(10-19)8-9-27-17/h3-9,12,16,21H,11H2,1-2H3,(H,20,22)/t16-/m1/s1. The molecule has 0 bridgehead atoms. The summed E-state index contributed by atoms with van der Waals surface area (Å²) < 4.78 is 32.2. The van der Waals surface area contributed by atoms with Crippen molar-refractivity contribution in [2.24, 2.45) is 5.92 Å². The van der Waals surface area contributed by atoms with Crippen LogP contribution in [0.2, 0.25) is 0 Å². The third kappa shape index (κ3) is 5.63. The van der Waals surface area contributed by atoms with Gasteiger partial charge in [0.2, 0.25) is 10.0 Å². The van der Waals surface area contributed by atoms with Crippen molar-refractivity contribution >= 4 is 38.2 Å². The van der Waals surface area contributed by atoms with E-state index in [1.807, 2.05) is 6.07 Å². The van der Waals surface area contributed by atoms with E-state index in [-0.39, 0.29) is 4.90 Å². The number of nitrogens with zero attached hydrogens (tertiary/aromatic N) is 1. The number of anilines is 1. The maximum atomic E-state index is 12.4. The van der Waals surface area contributed by atoms with E-state index < -0.39 is 40.5 Å². The van der Waals surface area contributed by atoms with Crippen molar-refractivity contribution in [2.75, 3.05) is 11.9 Å². The first-order chi connectivity index (χ1) is 13.2. The largest absolute Gasteiger partial charge is 0.454 e. The highest BCUT2D eigenvalue weighted by Gasteiger charge is 2.30. The van der Waals surface area contributed by atoms with Gasteiger partial charge in [-0.15, -0.1) is 11.3 Å². The predicted molar refractivity (Wildman–Crippen MR) is 104 cm³/mol. The summed E-state index contributed by atoms with van der Waals surface area (Å²) >= 11 is 1.17. The van der Waals surface area contributed by atoms with Crippen LogP contribution >= 0.6 is 11.3 Å². The number of esters is 1. The van der Waals surface area contributed by atoms with Gasteiger partial charge in [-0.3, -0.25) is 9.59 Å². The van der Waals surface area contributed by atoms with E-state index in [0.29, 0.717) is 10.6 Å². The van der Waals surface area contributed by atoms with Crippen LogP contribution in [0.4, 0.5) is 5.00 Å². The summed E-state index contributed by atoms with van der Waals surface area (Å²) in [4.78, 5) is 24.3. The van der Waals surface area contributed by atoms with Crippen LogP contribution in [-0.2, 0) is 24.3 Å². The van der Waals surface area contributed by atoms with E-state index in [2.05, 4.69) is 10.0 Å². The molecule has 2 N–H and O–H groups in total. The Morgan fingerprint density at radius 1 is 1.21 bits per heavy atom. The number of nitriles is 1. The molecule has 1 aromatic heterocycles. The fourth-order valence-electron chi connectivity index (χ4n) is 2.17. The lowest BCUT2D eigenvalue weighted by Gasteiger charge is -2.20. The normalized spacial score (nSPS) is 12.2. The molecule has 2 rings (SSSR count). The molecule has 28 heavy (non-hydrogen) atoms. The monoisotopic (exact) mass is 421 g/mol. The van der Waals surface area contributed by atoms with Crippen molar-refractivity contribution < 1.29 is 22.7 Å². The maximum Gasteiger partial charge on any atom is 0.324 e. The molecular formula is C18H19N3O5S2. The Hall–Kier alpha value is -2.74. The van der Waals surface area contributed by atoms with Crippen LogP contribution in [0.5, 0.6) is 0 Å². The number of carbonyl (C=O) groups is 2. The van der Waals surface area contributed by atoms with Gasteiger partial charge in [-0.2, -0.15) is 9.98 Å². The smallest absolute Gasteiger partial charge is 0.324 e. The molecule has 0 radical (unpaired) electrons. The first-order valence-electron chi connectivity index (χ1n) is 8.26. The second-order valence-corrected chi connectivity index (χ2v) is 8.72. The quantitative estimate of drug-likeness (QED) is 0.629. The molecule has 0 fully saturated rings. The molecule has 1 atom stereocenters. The van der Waals surface area contributed by atoms with Crippen molar-refractivity contribution in [1.82, 2.24) is 4.72 Å². The third-order valence-corrected chi connectivity index (χ3v) is 5.93. The molecule has 2 aromatic rings. The number of amides is 1. The fraction of sp³-hybridized carbons (Fsp3) is 0.278. The van der Waals surface area contributed by atoms with E-state index in [1.54, 1.807) is 43.5 Å². The Morgan fingerprint density at radius 2 is 1.89 bits per heavy atom. The lowest BCUT2D eigenvalue weighted by Crippen LogP contribution is -2.45. The van der Waals surface area contributed by atoms with E-state index in [9.17, 15) is 18.0 Å². The molecule has 1 amide bonds. The number of nitrogens with one attached hydrogen (secondary N) is 2. The maximum absolute atomic E-state index is 12.4. The molecule has 0 aliphatic heterocycles. The second kappa shape index (κ2) is 9.45. The Labute approximate surface area is 167 Å². The van der Waals surface area contributed by atoms with Crippen LogP contribution in [0.3, 0.4) is 0 Å². The number of hydrogen-bond donors (Lipinski definition) is 2. The number of carbonyl (C=O) groups excluding carboxylic acids is 2. The third-order valence-electron chi connectivity index (χ3n) is 3.64. The fourth-order valence-corrected chi connectivity index (χ4v) is 4.28. The highest BCUT2D eigenvalue weighted by molar-refractivity contribution is 7.89. The molecule has 0 unspecified atom stereocenters. The van der Waals surface area contributed by atoms with E-state index in [0.717, 1.165) is 0 Å². The molecule has 0 spiro atoms. The first kappa shape index (κ1) is 21.6. The number of rotatable bonds is 8. The summed E-state index contributed by atoms with van der Waals surface area (Å²) in [5.74, 6) is -1.89. The van der Waals surface area contributed by atoms with Gasteiger partial charge in [0, 0.05) is 0 Å². The molecule has 148 valence electrons. The highest BCUT2D eigenvalue weighted by atomic mass is 32.2. The topological polar surface area (TPSA) is 125 Å². The van der Waals surface area contributed by atoms with Crippen molar-refractivity contribution in [3.63, 3.8) is 0 Å². The number of hydrogen-bond acceptors (Lipinski definition) is 7. The van der Waals surface area contributed by atoms with Gasteiger partial charge in [0.05, 0.1) is 10.5 Å². The zero-order valence-electron chi connectivity index (χ0n) is 15.2. The van der Waals surface area contributed by atoms with Crippen LogP contribution in [-0.4, -0.2) is 32.9 Å². The summed E-state index contributed by atoms with van der Waals surface area (Å²) in [6.45, 7) is 2.71. The van der Waals surface area contributed by atoms with Crippen molar-refractivity contribution in [3.05, 3.63) is 47.3 Å². The molecular weight excluding hydrogens is 402 g/mol. The SMILES string of the molecule is CC(C)[C@@H](NS(=O)(=O)c1ccccc1)C(=O)OCC(=O)Nc1sccc1C#N. The van der Waals surface area contributed by atoms with E-state index in [1.165, 1.54) is 23.5 Å². The Kier molecular flexibility index (Phi) is 7.28. The van der Waals surface area contributed by atoms with Crippen LogP contribution < -0.4 is 10.0 Å². The van der Waals surface area contributed by atoms with Crippen molar-refractivity contribution in [3.8, 4) is 6.07 Å². The summed E-state index contributed by atoms with van der Waals surface area (Å²) in [6.07, 6.45) is 0. The summed E-state index contributed by atoms with van der Waals surface area (Å²) in [5, 5.41) is 13.4. The minimum Gasteiger partial charge on any atom is -0.454 e. The average molecular weight is 422 g/mol. The predicted octanol–water partition coefficient (Wildman–Crippen LogP) is 2.10. The van der Waals surface area contributed by atoms with Crippen LogP contribution in [0.1, 0.15) is 19.4 Å². The van der Waals surface area contributed by atoms with E-state index in [4.69, 9.17) is 10.00 Å². The van der Waals surface area contributed by atoms with Gasteiger partial charge in [-0.05, 0) is 29.5 Å². The number of ether oxygens (including phenoxy) is 1. The van der Waals surface area contributed by atoms with Crippen LogP contribution in [0.25, 0.3) is 0 Å². The summed E-state index contributed by atoms with van der Waals surface area (Å²) in [5.41, 5.74) is 0.306. The molecule has 1 heterocycles. The van der Waals surface area contributed by atoms with Gasteiger partial charge < -0.3 is 10.1 Å². The molecule has 0 saturated heterocycles. The van der Waals surface area contributed by atoms with Gasteiger partial charge in [-0.25, -0.2) is 8.42 Å². The van der Waals surface area contributed by atoms with Gasteiger partial charge in [0.1, 0.15) is 17.1 Å². The molecule has 0 aliphatic carbocycles. The second-order valence-electron chi connectivity index (χ2n) is 6.09. The Bertz CT molecular complexity index is 978. The zero-order valence-corrected chi connectivity index (χ0v) is 16.8. The minimum absolute atomic E-state index is 0.0212. The highest BCUT2D eigenvalue weighted by Crippen LogP contribution is 2.22. The van der Waals surface area contributed by atoms with Crippen LogP contribution in [0, 0.1) is 17.2 Å². The summed E-state index contributed by atoms with van der Waals surface area (Å²) in [7, 11) is -3.92. The lowest BCUT2D eigenvalue weighted by atomic mass is 10.1. The van der Waals surface area contributed by atoms with Gasteiger partial charge >= 0.3 is 5.97 Å². The molecule has 0 aliphatic rings. The van der Waals surface area contributed by atoms with Crippen molar-refractivity contribution in [1.29, 1.82) is 5.26 Å². The zero-order chi connectivity index (χ0) is 20.7. The van der Waals surface area contributed by atoms with Crippen molar-refractivity contribution in [2.45, 2.75) is 24.8 Å². The number of benzene rings is 1. The molecule has 0 saturated carbocycles. The lowest BCUT2D eigenvalue weighted by molar-refractivity contribution is -0.150. The van der Waals surface area contributed by atoms with E-state index >= 15 is 0 Å². The number of thiophene rings is 1. The molecule has 10 heteroatoms. The van der Waals surface area contributed by atoms with Gasteiger partial charge in [-0.1, -0.05) is 32.0 Å². The molecule has 1 aromatic carbocycles. The Balaban J connectivity index is 1.99. The minimum atomic E-state index is -3.92. The number of sulfonamides is 1.